The van der Waals surface area contributed by atoms with Gasteiger partial charge in [-0.05, 0) is 56.4 Å². The molecule has 0 bridgehead atoms. The Kier molecular flexibility index (Phi) is 6.83. The number of benzene rings is 1. The predicted molar refractivity (Wildman–Crippen MR) is 104 cm³/mol. The number of carbonyl (C=O) groups excluding carboxylic acids is 2. The van der Waals surface area contributed by atoms with Gasteiger partial charge in [-0.3, -0.25) is 4.79 Å². The standard InChI is InChI=1S/C21H30N2O3/c1-5-7-8-9-18-15(10-11-20(22)24)17-12-14(3)16(21(25)26-4)13-19(17)23(18)6-2/h12-13H,5-11H2,1-4H3,(H2,22,24). The molecule has 1 aromatic heterocycles. The van der Waals surface area contributed by atoms with E-state index in [0.29, 0.717) is 18.4 Å². The highest BCUT2D eigenvalue weighted by Crippen LogP contribution is 2.31. The van der Waals surface area contributed by atoms with Crippen LogP contribution in [0, 0.1) is 6.92 Å². The smallest absolute Gasteiger partial charge is 0.338 e. The van der Waals surface area contributed by atoms with Gasteiger partial charge in [0, 0.05) is 29.6 Å². The number of nitrogens with zero attached hydrogens (tertiary/aromatic N) is 1. The summed E-state index contributed by atoms with van der Waals surface area (Å²) in [5, 5.41) is 1.12. The first-order valence-corrected chi connectivity index (χ1v) is 9.45. The number of methoxy groups -OCH3 is 1. The number of nitrogens with two attached hydrogens (primary N) is 1. The first-order valence-electron chi connectivity index (χ1n) is 9.45. The SMILES string of the molecule is CCCCCc1c(CCC(N)=O)c2cc(C)c(C(=O)OC)cc2n1CC. The minimum absolute atomic E-state index is 0.287. The number of hydrogen-bond donors (Lipinski definition) is 1. The molecule has 0 aliphatic carbocycles. The number of esters is 1. The van der Waals surface area contributed by atoms with Gasteiger partial charge in [0.1, 0.15) is 0 Å². The molecule has 1 heterocycles. The van der Waals surface area contributed by atoms with Crippen LogP contribution in [0.3, 0.4) is 0 Å². The van der Waals surface area contributed by atoms with Crippen molar-refractivity contribution in [3.8, 4) is 0 Å². The van der Waals surface area contributed by atoms with Crippen LogP contribution in [-0.2, 0) is 28.9 Å². The second-order valence-electron chi connectivity index (χ2n) is 6.77. The summed E-state index contributed by atoms with van der Waals surface area (Å²) in [5.74, 6) is -0.607. The zero-order chi connectivity index (χ0) is 19.3. The normalized spacial score (nSPS) is 11.1. The Balaban J connectivity index is 2.64. The fourth-order valence-corrected chi connectivity index (χ4v) is 3.67. The Bertz CT molecular complexity index is 805. The summed E-state index contributed by atoms with van der Waals surface area (Å²) in [7, 11) is 1.40. The van der Waals surface area contributed by atoms with Crippen molar-refractivity contribution in [3.05, 3.63) is 34.5 Å². The third-order valence-electron chi connectivity index (χ3n) is 4.99. The van der Waals surface area contributed by atoms with E-state index in [4.69, 9.17) is 10.5 Å². The lowest BCUT2D eigenvalue weighted by molar-refractivity contribution is -0.117. The Morgan fingerprint density at radius 3 is 2.46 bits per heavy atom. The summed E-state index contributed by atoms with van der Waals surface area (Å²) in [4.78, 5) is 23.5. The van der Waals surface area contributed by atoms with Crippen molar-refractivity contribution in [1.82, 2.24) is 4.57 Å². The first kappa shape index (κ1) is 20.0. The van der Waals surface area contributed by atoms with Crippen molar-refractivity contribution in [2.75, 3.05) is 7.11 Å². The fraction of sp³-hybridized carbons (Fsp3) is 0.524. The number of carbonyl (C=O) groups is 2. The van der Waals surface area contributed by atoms with Gasteiger partial charge in [0.15, 0.2) is 0 Å². The molecule has 0 saturated carbocycles. The van der Waals surface area contributed by atoms with E-state index in [-0.39, 0.29) is 11.9 Å². The Morgan fingerprint density at radius 1 is 1.15 bits per heavy atom. The van der Waals surface area contributed by atoms with Gasteiger partial charge < -0.3 is 15.0 Å². The third kappa shape index (κ3) is 4.09. The van der Waals surface area contributed by atoms with Crippen LogP contribution in [0.1, 0.15) is 66.7 Å². The molecule has 5 heteroatoms. The van der Waals surface area contributed by atoms with Crippen LogP contribution in [0.25, 0.3) is 10.9 Å². The van der Waals surface area contributed by atoms with Gasteiger partial charge in [-0.15, -0.1) is 0 Å². The van der Waals surface area contributed by atoms with Crippen LogP contribution in [-0.4, -0.2) is 23.6 Å². The number of unbranched alkanes of at least 4 members (excludes halogenated alkanes) is 2. The largest absolute Gasteiger partial charge is 0.465 e. The van der Waals surface area contributed by atoms with Gasteiger partial charge in [-0.2, -0.15) is 0 Å². The highest BCUT2D eigenvalue weighted by atomic mass is 16.5. The van der Waals surface area contributed by atoms with E-state index in [1.54, 1.807) is 0 Å². The highest BCUT2D eigenvalue weighted by Gasteiger charge is 2.20. The van der Waals surface area contributed by atoms with Crippen LogP contribution in [0.5, 0.6) is 0 Å². The topological polar surface area (TPSA) is 74.3 Å². The van der Waals surface area contributed by atoms with E-state index in [1.807, 2.05) is 19.1 Å². The number of primary amides is 1. The molecule has 5 nitrogen and oxygen atoms in total. The van der Waals surface area contributed by atoms with Gasteiger partial charge in [-0.1, -0.05) is 19.8 Å². The van der Waals surface area contributed by atoms with Crippen molar-refractivity contribution in [1.29, 1.82) is 0 Å². The van der Waals surface area contributed by atoms with E-state index in [9.17, 15) is 9.59 Å². The fourth-order valence-electron chi connectivity index (χ4n) is 3.67. The Morgan fingerprint density at radius 2 is 1.88 bits per heavy atom. The first-order chi connectivity index (χ1) is 12.4. The number of hydrogen-bond acceptors (Lipinski definition) is 3. The zero-order valence-electron chi connectivity index (χ0n) is 16.4. The summed E-state index contributed by atoms with van der Waals surface area (Å²) in [6.45, 7) is 7.04. The molecule has 26 heavy (non-hydrogen) atoms. The van der Waals surface area contributed by atoms with Gasteiger partial charge in [0.2, 0.25) is 5.91 Å². The Hall–Kier alpha value is -2.30. The average molecular weight is 358 g/mol. The monoisotopic (exact) mass is 358 g/mol. The molecular formula is C21H30N2O3. The van der Waals surface area contributed by atoms with E-state index >= 15 is 0 Å². The second kappa shape index (κ2) is 8.88. The molecule has 0 atom stereocenters. The van der Waals surface area contributed by atoms with Crippen LogP contribution in [0.2, 0.25) is 0 Å². The third-order valence-corrected chi connectivity index (χ3v) is 4.99. The van der Waals surface area contributed by atoms with E-state index in [0.717, 1.165) is 42.3 Å². The molecule has 0 aliphatic heterocycles. The average Bonchev–Trinajstić information content (AvgIpc) is 2.90. The lowest BCUT2D eigenvalue weighted by Crippen LogP contribution is -2.12. The lowest BCUT2D eigenvalue weighted by atomic mass is 9.99. The van der Waals surface area contributed by atoms with Crippen molar-refractivity contribution in [2.45, 2.75) is 65.8 Å². The maximum atomic E-state index is 12.1. The van der Waals surface area contributed by atoms with Gasteiger partial charge in [0.25, 0.3) is 0 Å². The molecule has 0 aliphatic rings. The van der Waals surface area contributed by atoms with Gasteiger partial charge in [-0.25, -0.2) is 4.79 Å². The van der Waals surface area contributed by atoms with Crippen LogP contribution in [0.15, 0.2) is 12.1 Å². The minimum atomic E-state index is -0.320. The number of aromatic nitrogens is 1. The lowest BCUT2D eigenvalue weighted by Gasteiger charge is -2.10. The number of rotatable bonds is 9. The predicted octanol–water partition coefficient (Wildman–Crippen LogP) is 3.91. The van der Waals surface area contributed by atoms with Crippen molar-refractivity contribution in [2.24, 2.45) is 5.73 Å². The molecule has 0 radical (unpaired) electrons. The molecular weight excluding hydrogens is 328 g/mol. The zero-order valence-corrected chi connectivity index (χ0v) is 16.4. The van der Waals surface area contributed by atoms with Crippen LogP contribution >= 0.6 is 0 Å². The van der Waals surface area contributed by atoms with Crippen molar-refractivity contribution in [3.63, 3.8) is 0 Å². The molecule has 2 N–H and O–H groups in total. The Labute approximate surface area is 155 Å². The van der Waals surface area contributed by atoms with Crippen molar-refractivity contribution >= 4 is 22.8 Å². The molecule has 2 aromatic rings. The van der Waals surface area contributed by atoms with Crippen LogP contribution in [0.4, 0.5) is 0 Å². The number of amides is 1. The molecule has 2 rings (SSSR count). The van der Waals surface area contributed by atoms with Gasteiger partial charge in [0.05, 0.1) is 12.7 Å². The maximum Gasteiger partial charge on any atom is 0.338 e. The van der Waals surface area contributed by atoms with Crippen LogP contribution < -0.4 is 5.73 Å². The van der Waals surface area contributed by atoms with Crippen molar-refractivity contribution < 1.29 is 14.3 Å². The molecule has 142 valence electrons. The van der Waals surface area contributed by atoms with E-state index in [1.165, 1.54) is 24.8 Å². The molecule has 1 aromatic carbocycles. The van der Waals surface area contributed by atoms with E-state index < -0.39 is 0 Å². The molecule has 0 saturated heterocycles. The summed E-state index contributed by atoms with van der Waals surface area (Å²) >= 11 is 0. The second-order valence-corrected chi connectivity index (χ2v) is 6.77. The molecule has 0 fully saturated rings. The summed E-state index contributed by atoms with van der Waals surface area (Å²) in [6, 6.07) is 3.98. The number of fused-ring (bicyclic) bond motifs is 1. The molecule has 0 spiro atoms. The summed E-state index contributed by atoms with van der Waals surface area (Å²) in [5.41, 5.74) is 10.4. The minimum Gasteiger partial charge on any atom is -0.465 e. The molecule has 1 amide bonds. The van der Waals surface area contributed by atoms with Gasteiger partial charge >= 0.3 is 5.97 Å². The quantitative estimate of drug-likeness (QED) is 0.545. The molecule has 0 unspecified atom stereocenters. The summed E-state index contributed by atoms with van der Waals surface area (Å²) < 4.78 is 7.20. The maximum absolute atomic E-state index is 12.1. The van der Waals surface area contributed by atoms with E-state index in [2.05, 4.69) is 18.4 Å². The number of aryl methyl sites for hydroxylation is 3. The number of ether oxygens (including phenoxy) is 1. The highest BCUT2D eigenvalue weighted by molar-refractivity contribution is 5.98. The summed E-state index contributed by atoms with van der Waals surface area (Å²) in [6.07, 6.45) is 5.39.